The van der Waals surface area contributed by atoms with Gasteiger partial charge in [0.15, 0.2) is 0 Å². The molecule has 0 fully saturated rings. The van der Waals surface area contributed by atoms with E-state index in [-0.39, 0.29) is 0 Å². The highest BCUT2D eigenvalue weighted by atomic mass is 32.1. The topological polar surface area (TPSA) is 15.8 Å². The third-order valence-electron chi connectivity index (χ3n) is 5.98. The number of H-pyrrole nitrogens is 1. The minimum atomic E-state index is 1.21. The zero-order chi connectivity index (χ0) is 18.2. The third-order valence-corrected chi connectivity index (χ3v) is 7.24. The molecule has 130 valence electrons. The van der Waals surface area contributed by atoms with Crippen LogP contribution in [-0.2, 0) is 0 Å². The third kappa shape index (κ3) is 1.71. The van der Waals surface area contributed by atoms with E-state index in [0.717, 1.165) is 0 Å². The second-order valence-corrected chi connectivity index (χ2v) is 8.45. The summed E-state index contributed by atoms with van der Waals surface area (Å²) in [6, 6.07) is 30.8. The SMILES string of the molecule is c1ccc2c(c1)[nH]c1ccc3c(sc4c5ccccc5c5ccccc5c34)c12. The van der Waals surface area contributed by atoms with Crippen LogP contribution in [0, 0.1) is 0 Å². The van der Waals surface area contributed by atoms with E-state index >= 15 is 0 Å². The molecule has 0 amide bonds. The first-order valence-corrected chi connectivity index (χ1v) is 10.4. The normalized spacial score (nSPS) is 12.3. The first-order chi connectivity index (χ1) is 13.9. The predicted molar refractivity (Wildman–Crippen MR) is 124 cm³/mol. The number of fused-ring (bicyclic) bond motifs is 12. The molecular weight excluding hydrogens is 358 g/mol. The molecule has 0 bridgehead atoms. The molecule has 0 aliphatic carbocycles. The second-order valence-electron chi connectivity index (χ2n) is 7.43. The molecule has 1 N–H and O–H groups in total. The Kier molecular flexibility index (Phi) is 2.68. The molecule has 0 saturated carbocycles. The summed E-state index contributed by atoms with van der Waals surface area (Å²) in [6.07, 6.45) is 0. The van der Waals surface area contributed by atoms with Gasteiger partial charge in [0.2, 0.25) is 0 Å². The van der Waals surface area contributed by atoms with Gasteiger partial charge in [-0.15, -0.1) is 11.3 Å². The Bertz CT molecular complexity index is 1720. The minimum absolute atomic E-state index is 1.21. The van der Waals surface area contributed by atoms with Gasteiger partial charge in [0.25, 0.3) is 0 Å². The summed E-state index contributed by atoms with van der Waals surface area (Å²) in [4.78, 5) is 3.60. The molecule has 0 atom stereocenters. The standard InChI is InChI=1S/C26H15NS/c1-3-9-17-15(7-1)16-8-2-4-10-18(16)25-23(17)20-13-14-22-24(26(20)28-25)19-11-5-6-12-21(19)27-22/h1-14,27H. The number of aromatic nitrogens is 1. The van der Waals surface area contributed by atoms with Crippen LogP contribution in [0.5, 0.6) is 0 Å². The highest BCUT2D eigenvalue weighted by Gasteiger charge is 2.17. The van der Waals surface area contributed by atoms with E-state index in [1.54, 1.807) is 0 Å². The monoisotopic (exact) mass is 373 g/mol. The van der Waals surface area contributed by atoms with Crippen molar-refractivity contribution < 1.29 is 0 Å². The lowest BCUT2D eigenvalue weighted by Crippen LogP contribution is -1.79. The first-order valence-electron chi connectivity index (χ1n) is 9.55. The van der Waals surface area contributed by atoms with Crippen molar-refractivity contribution in [1.29, 1.82) is 0 Å². The number of para-hydroxylation sites is 1. The summed E-state index contributed by atoms with van der Waals surface area (Å²) in [7, 11) is 0. The van der Waals surface area contributed by atoms with Crippen LogP contribution in [-0.4, -0.2) is 4.98 Å². The minimum Gasteiger partial charge on any atom is -0.354 e. The number of nitrogens with one attached hydrogen (secondary N) is 1. The maximum atomic E-state index is 3.60. The zero-order valence-corrected chi connectivity index (χ0v) is 15.8. The van der Waals surface area contributed by atoms with Gasteiger partial charge < -0.3 is 4.98 Å². The van der Waals surface area contributed by atoms with Crippen molar-refractivity contribution in [3.05, 3.63) is 84.9 Å². The van der Waals surface area contributed by atoms with Crippen LogP contribution in [0.2, 0.25) is 0 Å². The van der Waals surface area contributed by atoms with Crippen LogP contribution >= 0.6 is 11.3 Å². The molecule has 2 aromatic heterocycles. The molecule has 5 aromatic carbocycles. The summed E-state index contributed by atoms with van der Waals surface area (Å²) in [5.41, 5.74) is 2.42. The van der Waals surface area contributed by atoms with Gasteiger partial charge in [-0.25, -0.2) is 0 Å². The summed E-state index contributed by atoms with van der Waals surface area (Å²) < 4.78 is 2.77. The predicted octanol–water partition coefficient (Wildman–Crippen LogP) is 8.00. The molecule has 0 saturated heterocycles. The Morgan fingerprint density at radius 1 is 0.429 bits per heavy atom. The average molecular weight is 373 g/mol. The van der Waals surface area contributed by atoms with Crippen LogP contribution in [0.25, 0.3) is 63.5 Å². The van der Waals surface area contributed by atoms with Gasteiger partial charge in [-0.05, 0) is 28.3 Å². The van der Waals surface area contributed by atoms with E-state index in [9.17, 15) is 0 Å². The molecule has 0 aliphatic heterocycles. The number of rotatable bonds is 0. The number of benzene rings is 5. The van der Waals surface area contributed by atoms with Crippen molar-refractivity contribution in [3.8, 4) is 0 Å². The van der Waals surface area contributed by atoms with Crippen LogP contribution in [0.15, 0.2) is 84.9 Å². The zero-order valence-electron chi connectivity index (χ0n) is 15.0. The highest BCUT2D eigenvalue weighted by molar-refractivity contribution is 7.28. The fourth-order valence-corrected chi connectivity index (χ4v) is 6.21. The van der Waals surface area contributed by atoms with Gasteiger partial charge in [-0.3, -0.25) is 0 Å². The van der Waals surface area contributed by atoms with E-state index in [0.29, 0.717) is 0 Å². The van der Waals surface area contributed by atoms with E-state index in [4.69, 9.17) is 0 Å². The van der Waals surface area contributed by atoms with E-state index in [2.05, 4.69) is 89.9 Å². The largest absolute Gasteiger partial charge is 0.354 e. The molecule has 0 aliphatic rings. The van der Waals surface area contributed by atoms with Gasteiger partial charge in [0, 0.05) is 47.4 Å². The second kappa shape index (κ2) is 5.12. The lowest BCUT2D eigenvalue weighted by Gasteiger charge is -2.06. The molecule has 2 heteroatoms. The smallest absolute Gasteiger partial charge is 0.0479 e. The molecule has 0 spiro atoms. The summed E-state index contributed by atoms with van der Waals surface area (Å²) in [6.45, 7) is 0. The molecule has 7 aromatic rings. The summed E-state index contributed by atoms with van der Waals surface area (Å²) in [5.74, 6) is 0. The Balaban J connectivity index is 1.85. The number of hydrogen-bond donors (Lipinski definition) is 1. The Hall–Kier alpha value is -3.36. The maximum absolute atomic E-state index is 3.60. The van der Waals surface area contributed by atoms with Crippen molar-refractivity contribution in [1.82, 2.24) is 4.98 Å². The fraction of sp³-hybridized carbons (Fsp3) is 0. The molecule has 2 heterocycles. The number of hydrogen-bond acceptors (Lipinski definition) is 1. The Morgan fingerprint density at radius 2 is 1.04 bits per heavy atom. The summed E-state index contributed by atoms with van der Waals surface area (Å²) in [5, 5.41) is 10.8. The van der Waals surface area contributed by atoms with Crippen molar-refractivity contribution in [3.63, 3.8) is 0 Å². The molecule has 0 unspecified atom stereocenters. The number of aromatic amines is 1. The fourth-order valence-electron chi connectivity index (χ4n) is 4.80. The Labute approximate surface area is 164 Å². The van der Waals surface area contributed by atoms with Crippen molar-refractivity contribution >= 4 is 74.9 Å². The van der Waals surface area contributed by atoms with Crippen molar-refractivity contribution in [2.45, 2.75) is 0 Å². The molecule has 0 radical (unpaired) electrons. The van der Waals surface area contributed by atoms with Crippen molar-refractivity contribution in [2.75, 3.05) is 0 Å². The lowest BCUT2D eigenvalue weighted by atomic mass is 9.97. The van der Waals surface area contributed by atoms with Gasteiger partial charge in [0.05, 0.1) is 0 Å². The molecular formula is C26H15NS. The molecule has 7 rings (SSSR count). The van der Waals surface area contributed by atoms with Gasteiger partial charge in [-0.1, -0.05) is 72.8 Å². The maximum Gasteiger partial charge on any atom is 0.0479 e. The van der Waals surface area contributed by atoms with E-state index < -0.39 is 0 Å². The Morgan fingerprint density at radius 3 is 1.86 bits per heavy atom. The number of thiophene rings is 1. The average Bonchev–Trinajstić information content (AvgIpc) is 3.32. The quantitative estimate of drug-likeness (QED) is 0.259. The van der Waals surface area contributed by atoms with Gasteiger partial charge in [-0.2, -0.15) is 0 Å². The van der Waals surface area contributed by atoms with E-state index in [1.807, 2.05) is 11.3 Å². The van der Waals surface area contributed by atoms with Crippen LogP contribution in [0.3, 0.4) is 0 Å². The van der Waals surface area contributed by atoms with Crippen LogP contribution in [0.1, 0.15) is 0 Å². The van der Waals surface area contributed by atoms with Gasteiger partial charge >= 0.3 is 0 Å². The summed E-state index contributed by atoms with van der Waals surface area (Å²) >= 11 is 1.93. The first kappa shape index (κ1) is 14.7. The lowest BCUT2D eigenvalue weighted by molar-refractivity contribution is 1.55. The highest BCUT2D eigenvalue weighted by Crippen LogP contribution is 2.46. The van der Waals surface area contributed by atoms with Crippen LogP contribution in [0.4, 0.5) is 0 Å². The molecule has 1 nitrogen and oxygen atoms in total. The van der Waals surface area contributed by atoms with Crippen molar-refractivity contribution in [2.24, 2.45) is 0 Å². The van der Waals surface area contributed by atoms with E-state index in [1.165, 1.54) is 63.5 Å². The molecule has 28 heavy (non-hydrogen) atoms. The van der Waals surface area contributed by atoms with Gasteiger partial charge in [0.1, 0.15) is 0 Å². The van der Waals surface area contributed by atoms with Crippen LogP contribution < -0.4 is 0 Å².